The Bertz CT molecular complexity index is 855. The fraction of sp³-hybridized carbons (Fsp3) is 0.118. The number of hydrogen-bond donors (Lipinski definition) is 2. The van der Waals surface area contributed by atoms with Gasteiger partial charge in [0, 0.05) is 6.54 Å². The van der Waals surface area contributed by atoms with Gasteiger partial charge in [0.15, 0.2) is 0 Å². The second-order valence-electron chi connectivity index (χ2n) is 5.08. The Balaban J connectivity index is 1.72. The molecule has 0 unspecified atom stereocenters. The van der Waals surface area contributed by atoms with E-state index in [0.29, 0.717) is 17.3 Å². The Hall–Kier alpha value is -2.17. The van der Waals surface area contributed by atoms with Gasteiger partial charge in [-0.05, 0) is 40.6 Å². The third-order valence-electron chi connectivity index (χ3n) is 3.53. The molecule has 0 bridgehead atoms. The number of H-pyrrole nitrogens is 1. The first kappa shape index (κ1) is 15.7. The minimum absolute atomic E-state index is 0.256. The monoisotopic (exact) mass is 348 g/mol. The van der Waals surface area contributed by atoms with Gasteiger partial charge in [0.1, 0.15) is 16.6 Å². The lowest BCUT2D eigenvalue weighted by Crippen LogP contribution is -2.23. The molecule has 1 heterocycles. The normalized spacial score (nSPS) is 10.7. The largest absolute Gasteiger partial charge is 0.497 e. The van der Waals surface area contributed by atoms with Gasteiger partial charge >= 0.3 is 0 Å². The predicted octanol–water partition coefficient (Wildman–Crippen LogP) is 4.41. The standard InChI is InChI=1S/C17H14Cl2N2O2/c1-23-13-5-4-11-6-10(2-3-12(11)7-13)9-20-17(22)15-8-14(18)16(19)21-15/h2-8,21H,9H2,1H3,(H,20,22). The lowest BCUT2D eigenvalue weighted by atomic mass is 10.1. The summed E-state index contributed by atoms with van der Waals surface area (Å²) in [5, 5.41) is 5.59. The zero-order valence-electron chi connectivity index (χ0n) is 12.3. The molecule has 6 heteroatoms. The van der Waals surface area contributed by atoms with Crippen molar-refractivity contribution in [3.05, 3.63) is 63.9 Å². The van der Waals surface area contributed by atoms with Crippen LogP contribution in [0.1, 0.15) is 16.1 Å². The maximum Gasteiger partial charge on any atom is 0.268 e. The first-order valence-electron chi connectivity index (χ1n) is 6.95. The van der Waals surface area contributed by atoms with E-state index in [4.69, 9.17) is 27.9 Å². The van der Waals surface area contributed by atoms with E-state index in [-0.39, 0.29) is 11.1 Å². The number of ether oxygens (including phenoxy) is 1. The van der Waals surface area contributed by atoms with Crippen molar-refractivity contribution in [2.45, 2.75) is 6.54 Å². The maximum atomic E-state index is 12.1. The molecule has 0 spiro atoms. The van der Waals surface area contributed by atoms with Crippen LogP contribution in [0.4, 0.5) is 0 Å². The first-order chi connectivity index (χ1) is 11.1. The van der Waals surface area contributed by atoms with Crippen molar-refractivity contribution in [2.24, 2.45) is 0 Å². The summed E-state index contributed by atoms with van der Waals surface area (Å²) in [5.41, 5.74) is 1.34. The highest BCUT2D eigenvalue weighted by molar-refractivity contribution is 6.41. The molecule has 0 saturated carbocycles. The van der Waals surface area contributed by atoms with Gasteiger partial charge in [-0.3, -0.25) is 4.79 Å². The molecule has 2 aromatic carbocycles. The summed E-state index contributed by atoms with van der Waals surface area (Å²) >= 11 is 11.6. The van der Waals surface area contributed by atoms with Gasteiger partial charge in [-0.25, -0.2) is 0 Å². The van der Waals surface area contributed by atoms with Gasteiger partial charge in [0.25, 0.3) is 5.91 Å². The van der Waals surface area contributed by atoms with E-state index >= 15 is 0 Å². The van der Waals surface area contributed by atoms with E-state index in [9.17, 15) is 4.79 Å². The van der Waals surface area contributed by atoms with Gasteiger partial charge in [-0.1, -0.05) is 41.4 Å². The summed E-state index contributed by atoms with van der Waals surface area (Å²) in [5.74, 6) is 0.563. The SMILES string of the molecule is COc1ccc2cc(CNC(=O)c3cc(Cl)c(Cl)[nH]3)ccc2c1. The fourth-order valence-electron chi connectivity index (χ4n) is 2.31. The number of hydrogen-bond acceptors (Lipinski definition) is 2. The molecular weight excluding hydrogens is 335 g/mol. The number of rotatable bonds is 4. The van der Waals surface area contributed by atoms with E-state index in [1.54, 1.807) is 7.11 Å². The van der Waals surface area contributed by atoms with Crippen LogP contribution in [0.15, 0.2) is 42.5 Å². The van der Waals surface area contributed by atoms with Crippen LogP contribution in [-0.4, -0.2) is 18.0 Å². The molecule has 4 nitrogen and oxygen atoms in total. The molecule has 0 fully saturated rings. The molecule has 118 valence electrons. The topological polar surface area (TPSA) is 54.1 Å². The molecule has 0 atom stereocenters. The third-order valence-corrected chi connectivity index (χ3v) is 4.23. The van der Waals surface area contributed by atoms with Crippen molar-refractivity contribution >= 4 is 39.9 Å². The maximum absolute atomic E-state index is 12.1. The van der Waals surface area contributed by atoms with Gasteiger partial charge in [-0.2, -0.15) is 0 Å². The summed E-state index contributed by atoms with van der Waals surface area (Å²) < 4.78 is 5.21. The average molecular weight is 349 g/mol. The number of amides is 1. The smallest absolute Gasteiger partial charge is 0.268 e. The van der Waals surface area contributed by atoms with Crippen molar-refractivity contribution in [3.63, 3.8) is 0 Å². The van der Waals surface area contributed by atoms with E-state index < -0.39 is 0 Å². The molecule has 23 heavy (non-hydrogen) atoms. The highest BCUT2D eigenvalue weighted by Crippen LogP contribution is 2.23. The minimum Gasteiger partial charge on any atom is -0.497 e. The summed E-state index contributed by atoms with van der Waals surface area (Å²) in [6.07, 6.45) is 0. The van der Waals surface area contributed by atoms with E-state index in [1.165, 1.54) is 6.07 Å². The highest BCUT2D eigenvalue weighted by Gasteiger charge is 2.11. The second kappa shape index (κ2) is 6.52. The number of carbonyl (C=O) groups excluding carboxylic acids is 1. The number of methoxy groups -OCH3 is 1. The van der Waals surface area contributed by atoms with Crippen molar-refractivity contribution in [3.8, 4) is 5.75 Å². The highest BCUT2D eigenvalue weighted by atomic mass is 35.5. The van der Waals surface area contributed by atoms with Crippen LogP contribution in [0.3, 0.4) is 0 Å². The lowest BCUT2D eigenvalue weighted by Gasteiger charge is -2.07. The quantitative estimate of drug-likeness (QED) is 0.733. The minimum atomic E-state index is -0.256. The van der Waals surface area contributed by atoms with Crippen LogP contribution in [0, 0.1) is 0 Å². The van der Waals surface area contributed by atoms with Crippen molar-refractivity contribution in [1.29, 1.82) is 0 Å². The van der Waals surface area contributed by atoms with Gasteiger partial charge in [0.05, 0.1) is 12.1 Å². The number of benzene rings is 2. The van der Waals surface area contributed by atoms with E-state index in [2.05, 4.69) is 10.3 Å². The van der Waals surface area contributed by atoms with Crippen LogP contribution in [-0.2, 0) is 6.54 Å². The van der Waals surface area contributed by atoms with Crippen LogP contribution >= 0.6 is 23.2 Å². The summed E-state index contributed by atoms with van der Waals surface area (Å²) in [7, 11) is 1.64. The zero-order valence-corrected chi connectivity index (χ0v) is 13.8. The molecule has 3 rings (SSSR count). The molecule has 1 aromatic heterocycles. The molecule has 1 amide bonds. The van der Waals surface area contributed by atoms with Gasteiger partial charge in [0.2, 0.25) is 0 Å². The molecule has 2 N–H and O–H groups in total. The Morgan fingerprint density at radius 1 is 1.13 bits per heavy atom. The molecule has 0 aliphatic rings. The third kappa shape index (κ3) is 3.44. The Kier molecular flexibility index (Phi) is 4.46. The number of fused-ring (bicyclic) bond motifs is 1. The van der Waals surface area contributed by atoms with E-state index in [1.807, 2.05) is 36.4 Å². The molecule has 3 aromatic rings. The Labute approximate surface area is 143 Å². The lowest BCUT2D eigenvalue weighted by molar-refractivity contribution is 0.0946. The molecule has 0 radical (unpaired) electrons. The van der Waals surface area contributed by atoms with Crippen LogP contribution < -0.4 is 10.1 Å². The zero-order chi connectivity index (χ0) is 16.4. The summed E-state index contributed by atoms with van der Waals surface area (Å²) in [4.78, 5) is 14.8. The van der Waals surface area contributed by atoms with Gasteiger partial charge < -0.3 is 15.0 Å². The summed E-state index contributed by atoms with van der Waals surface area (Å²) in [6, 6.07) is 13.4. The number of nitrogens with one attached hydrogen (secondary N) is 2. The first-order valence-corrected chi connectivity index (χ1v) is 7.71. The van der Waals surface area contributed by atoms with Crippen molar-refractivity contribution in [2.75, 3.05) is 7.11 Å². The number of halogens is 2. The molecular formula is C17H14Cl2N2O2. The van der Waals surface area contributed by atoms with E-state index in [0.717, 1.165) is 22.1 Å². The number of carbonyl (C=O) groups is 1. The Morgan fingerprint density at radius 3 is 2.57 bits per heavy atom. The molecule has 0 saturated heterocycles. The van der Waals surface area contributed by atoms with Crippen molar-refractivity contribution < 1.29 is 9.53 Å². The number of aromatic amines is 1. The van der Waals surface area contributed by atoms with Crippen molar-refractivity contribution in [1.82, 2.24) is 10.3 Å². The predicted molar refractivity (Wildman–Crippen MR) is 92.5 cm³/mol. The molecule has 0 aliphatic heterocycles. The second-order valence-corrected chi connectivity index (χ2v) is 5.86. The fourth-order valence-corrected chi connectivity index (χ4v) is 2.63. The summed E-state index contributed by atoms with van der Waals surface area (Å²) in [6.45, 7) is 0.412. The Morgan fingerprint density at radius 2 is 1.87 bits per heavy atom. The van der Waals surface area contributed by atoms with Crippen LogP contribution in [0.5, 0.6) is 5.75 Å². The van der Waals surface area contributed by atoms with Crippen LogP contribution in [0.25, 0.3) is 10.8 Å². The van der Waals surface area contributed by atoms with Crippen LogP contribution in [0.2, 0.25) is 10.2 Å². The number of aromatic nitrogens is 1. The molecule has 0 aliphatic carbocycles. The van der Waals surface area contributed by atoms with Gasteiger partial charge in [-0.15, -0.1) is 0 Å². The average Bonchev–Trinajstić information content (AvgIpc) is 2.91.